The van der Waals surface area contributed by atoms with E-state index in [0.717, 1.165) is 5.56 Å². The highest BCUT2D eigenvalue weighted by Crippen LogP contribution is 2.17. The van der Waals surface area contributed by atoms with Crippen LogP contribution in [0.5, 0.6) is 5.75 Å². The molecule has 0 fully saturated rings. The van der Waals surface area contributed by atoms with Crippen LogP contribution in [0.15, 0.2) is 77.9 Å². The monoisotopic (exact) mass is 400 g/mol. The van der Waals surface area contributed by atoms with E-state index in [1.807, 2.05) is 13.0 Å². The fourth-order valence-electron chi connectivity index (χ4n) is 3.15. The summed E-state index contributed by atoms with van der Waals surface area (Å²) in [7, 11) is 0. The second-order valence-corrected chi connectivity index (χ2v) is 6.58. The number of fused-ring (bicyclic) bond motifs is 1. The first-order valence-electron chi connectivity index (χ1n) is 9.60. The molecule has 150 valence electrons. The number of benzene rings is 2. The number of aromatic nitrogens is 3. The van der Waals surface area contributed by atoms with Gasteiger partial charge in [0.25, 0.3) is 11.5 Å². The molecule has 0 radical (unpaired) electrons. The zero-order valence-electron chi connectivity index (χ0n) is 16.4. The van der Waals surface area contributed by atoms with Crippen molar-refractivity contribution in [3.05, 3.63) is 94.7 Å². The van der Waals surface area contributed by atoms with E-state index in [2.05, 4.69) is 15.4 Å². The van der Waals surface area contributed by atoms with E-state index < -0.39 is 0 Å². The predicted octanol–water partition coefficient (Wildman–Crippen LogP) is 3.11. The van der Waals surface area contributed by atoms with Crippen molar-refractivity contribution in [2.45, 2.75) is 13.5 Å². The molecule has 2 heterocycles. The predicted molar refractivity (Wildman–Crippen MR) is 114 cm³/mol. The minimum absolute atomic E-state index is 0.183. The van der Waals surface area contributed by atoms with Gasteiger partial charge in [0, 0.05) is 24.3 Å². The summed E-state index contributed by atoms with van der Waals surface area (Å²) < 4.78 is 6.70. The molecule has 7 nitrogen and oxygen atoms in total. The Morgan fingerprint density at radius 3 is 2.50 bits per heavy atom. The number of carbonyl (C=O) groups is 1. The fourth-order valence-corrected chi connectivity index (χ4v) is 3.15. The lowest BCUT2D eigenvalue weighted by Crippen LogP contribution is -2.29. The number of rotatable bonds is 6. The number of amides is 1. The summed E-state index contributed by atoms with van der Waals surface area (Å²) in [4.78, 5) is 30.0. The number of pyridine rings is 1. The molecule has 0 atom stereocenters. The summed E-state index contributed by atoms with van der Waals surface area (Å²) in [5, 5.41) is 8.18. The van der Waals surface area contributed by atoms with Crippen molar-refractivity contribution < 1.29 is 9.53 Å². The first-order valence-corrected chi connectivity index (χ1v) is 9.60. The lowest BCUT2D eigenvalue weighted by atomic mass is 10.1. The molecule has 30 heavy (non-hydrogen) atoms. The summed E-state index contributed by atoms with van der Waals surface area (Å²) in [6.45, 7) is 2.76. The lowest BCUT2D eigenvalue weighted by Gasteiger charge is -2.12. The van der Waals surface area contributed by atoms with Crippen LogP contribution in [0.2, 0.25) is 0 Å². The van der Waals surface area contributed by atoms with E-state index in [1.54, 1.807) is 67.0 Å². The van der Waals surface area contributed by atoms with E-state index in [4.69, 9.17) is 4.74 Å². The smallest absolute Gasteiger partial charge is 0.279 e. The van der Waals surface area contributed by atoms with Crippen LogP contribution in [-0.4, -0.2) is 27.3 Å². The number of hydrogen-bond acceptors (Lipinski definition) is 5. The minimum atomic E-state index is -0.366. The Bertz CT molecular complexity index is 1240. The molecular formula is C23H20N4O3. The van der Waals surface area contributed by atoms with Crippen LogP contribution in [0, 0.1) is 0 Å². The summed E-state index contributed by atoms with van der Waals surface area (Å²) in [6, 6.07) is 17.7. The van der Waals surface area contributed by atoms with Crippen LogP contribution in [0.1, 0.15) is 23.0 Å². The van der Waals surface area contributed by atoms with E-state index in [9.17, 15) is 9.59 Å². The molecule has 0 unspecified atom stereocenters. The van der Waals surface area contributed by atoms with Gasteiger partial charge >= 0.3 is 0 Å². The fraction of sp³-hybridized carbons (Fsp3) is 0.130. The van der Waals surface area contributed by atoms with E-state index in [1.165, 1.54) is 4.68 Å². The van der Waals surface area contributed by atoms with Crippen LogP contribution >= 0.6 is 0 Å². The Kier molecular flexibility index (Phi) is 5.52. The molecule has 0 bridgehead atoms. The summed E-state index contributed by atoms with van der Waals surface area (Å²) in [6.07, 6.45) is 3.36. The Balaban J connectivity index is 1.74. The van der Waals surface area contributed by atoms with Gasteiger partial charge < -0.3 is 10.1 Å². The van der Waals surface area contributed by atoms with Gasteiger partial charge in [-0.3, -0.25) is 14.6 Å². The number of nitrogens with zero attached hydrogens (tertiary/aromatic N) is 3. The Hall–Kier alpha value is -4.00. The highest BCUT2D eigenvalue weighted by Gasteiger charge is 2.17. The average molecular weight is 400 g/mol. The second kappa shape index (κ2) is 8.57. The van der Waals surface area contributed by atoms with Crippen LogP contribution < -0.4 is 15.6 Å². The molecule has 1 amide bonds. The zero-order chi connectivity index (χ0) is 20.9. The molecule has 0 saturated carbocycles. The first-order chi connectivity index (χ1) is 14.7. The topological polar surface area (TPSA) is 86.1 Å². The van der Waals surface area contributed by atoms with Crippen molar-refractivity contribution in [3.8, 4) is 11.4 Å². The summed E-state index contributed by atoms with van der Waals surface area (Å²) >= 11 is 0. The van der Waals surface area contributed by atoms with E-state index in [0.29, 0.717) is 35.4 Å². The molecule has 0 aliphatic heterocycles. The van der Waals surface area contributed by atoms with Crippen LogP contribution in [0.4, 0.5) is 0 Å². The molecule has 2 aromatic heterocycles. The van der Waals surface area contributed by atoms with Gasteiger partial charge in [-0.2, -0.15) is 9.78 Å². The van der Waals surface area contributed by atoms with Crippen LogP contribution in [-0.2, 0) is 6.54 Å². The molecule has 0 aliphatic rings. The Morgan fingerprint density at radius 1 is 1.03 bits per heavy atom. The number of ether oxygens (including phenoxy) is 1. The third-order valence-corrected chi connectivity index (χ3v) is 4.59. The van der Waals surface area contributed by atoms with Crippen LogP contribution in [0.25, 0.3) is 16.5 Å². The standard InChI is InChI=1S/C23H20N4O3/c1-2-30-18-11-9-17(10-12-18)27-23(29)20-8-4-3-7-19(20)21(26-27)22(28)25-15-16-6-5-13-24-14-16/h3-14H,2,15H2,1H3,(H,25,28). The van der Waals surface area contributed by atoms with Crippen LogP contribution in [0.3, 0.4) is 0 Å². The number of carbonyl (C=O) groups excluding carboxylic acids is 1. The minimum Gasteiger partial charge on any atom is -0.494 e. The van der Waals surface area contributed by atoms with Gasteiger partial charge in [-0.15, -0.1) is 0 Å². The molecular weight excluding hydrogens is 380 g/mol. The summed E-state index contributed by atoms with van der Waals surface area (Å²) in [5.41, 5.74) is 1.31. The van der Waals surface area contributed by atoms with Gasteiger partial charge in [-0.1, -0.05) is 24.3 Å². The van der Waals surface area contributed by atoms with Gasteiger partial charge in [0.15, 0.2) is 5.69 Å². The van der Waals surface area contributed by atoms with E-state index >= 15 is 0 Å². The van der Waals surface area contributed by atoms with Crippen molar-refractivity contribution in [1.29, 1.82) is 0 Å². The third kappa shape index (κ3) is 3.91. The van der Waals surface area contributed by atoms with Crippen molar-refractivity contribution in [2.75, 3.05) is 6.61 Å². The normalized spacial score (nSPS) is 10.7. The van der Waals surface area contributed by atoms with Gasteiger partial charge in [-0.05, 0) is 48.9 Å². The Morgan fingerprint density at radius 2 is 1.80 bits per heavy atom. The average Bonchev–Trinajstić information content (AvgIpc) is 2.79. The highest BCUT2D eigenvalue weighted by atomic mass is 16.5. The van der Waals surface area contributed by atoms with Gasteiger partial charge in [0.1, 0.15) is 5.75 Å². The third-order valence-electron chi connectivity index (χ3n) is 4.59. The Labute approximate surface area is 173 Å². The maximum Gasteiger partial charge on any atom is 0.279 e. The molecule has 4 rings (SSSR count). The lowest BCUT2D eigenvalue weighted by molar-refractivity contribution is 0.0946. The van der Waals surface area contributed by atoms with Gasteiger partial charge in [0.2, 0.25) is 0 Å². The highest BCUT2D eigenvalue weighted by molar-refractivity contribution is 6.04. The van der Waals surface area contributed by atoms with Crippen molar-refractivity contribution >= 4 is 16.7 Å². The maximum atomic E-state index is 13.0. The first kappa shape index (κ1) is 19.3. The molecule has 4 aromatic rings. The quantitative estimate of drug-likeness (QED) is 0.537. The molecule has 0 spiro atoms. The molecule has 0 aliphatic carbocycles. The number of hydrogen-bond donors (Lipinski definition) is 1. The van der Waals surface area contributed by atoms with Crippen molar-refractivity contribution in [2.24, 2.45) is 0 Å². The second-order valence-electron chi connectivity index (χ2n) is 6.58. The van der Waals surface area contributed by atoms with Gasteiger partial charge in [-0.25, -0.2) is 0 Å². The van der Waals surface area contributed by atoms with E-state index in [-0.39, 0.29) is 17.2 Å². The zero-order valence-corrected chi connectivity index (χ0v) is 16.4. The summed E-state index contributed by atoms with van der Waals surface area (Å²) in [5.74, 6) is 0.333. The molecule has 7 heteroatoms. The van der Waals surface area contributed by atoms with Crippen molar-refractivity contribution in [1.82, 2.24) is 20.1 Å². The largest absolute Gasteiger partial charge is 0.494 e. The van der Waals surface area contributed by atoms with Gasteiger partial charge in [0.05, 0.1) is 17.7 Å². The van der Waals surface area contributed by atoms with Crippen molar-refractivity contribution in [3.63, 3.8) is 0 Å². The number of nitrogens with one attached hydrogen (secondary N) is 1. The SMILES string of the molecule is CCOc1ccc(-n2nc(C(=O)NCc3cccnc3)c3ccccc3c2=O)cc1. The molecule has 1 N–H and O–H groups in total. The molecule has 0 saturated heterocycles. The maximum absolute atomic E-state index is 13.0. The molecule has 2 aromatic carbocycles.